The first kappa shape index (κ1) is 18.1. The summed E-state index contributed by atoms with van der Waals surface area (Å²) in [6, 6.07) is 8.48. The molecule has 0 radical (unpaired) electrons. The number of amides is 1. The minimum Gasteiger partial charge on any atom is -0.487 e. The van der Waals surface area contributed by atoms with Gasteiger partial charge in [0.15, 0.2) is 11.5 Å². The van der Waals surface area contributed by atoms with Crippen LogP contribution in [0.25, 0.3) is 0 Å². The van der Waals surface area contributed by atoms with Gasteiger partial charge in [0.2, 0.25) is 0 Å². The number of aliphatic hydroxyl groups excluding tert-OH is 1. The lowest BCUT2D eigenvalue weighted by Crippen LogP contribution is -2.45. The maximum Gasteiger partial charge on any atom is 0.274 e. The molecule has 1 atom stereocenters. The molecule has 1 aromatic carbocycles. The lowest BCUT2D eigenvalue weighted by Gasteiger charge is -2.34. The van der Waals surface area contributed by atoms with Gasteiger partial charge in [0.05, 0.1) is 18.3 Å². The molecule has 7 nitrogen and oxygen atoms in total. The molecule has 1 aromatic heterocycles. The minimum absolute atomic E-state index is 0.0233. The molecule has 7 heteroatoms. The number of hydrogen-bond acceptors (Lipinski definition) is 5. The Labute approximate surface area is 152 Å². The smallest absolute Gasteiger partial charge is 0.274 e. The summed E-state index contributed by atoms with van der Waals surface area (Å²) < 4.78 is 5.68. The maximum atomic E-state index is 12.6. The first-order valence-corrected chi connectivity index (χ1v) is 8.78. The van der Waals surface area contributed by atoms with Crippen molar-refractivity contribution < 1.29 is 19.4 Å². The van der Waals surface area contributed by atoms with Gasteiger partial charge in [-0.1, -0.05) is 12.1 Å². The van der Waals surface area contributed by atoms with Gasteiger partial charge in [-0.2, -0.15) is 5.10 Å². The van der Waals surface area contributed by atoms with E-state index < -0.39 is 0 Å². The van der Waals surface area contributed by atoms with E-state index in [2.05, 4.69) is 10.2 Å². The second-order valence-electron chi connectivity index (χ2n) is 6.48. The maximum absolute atomic E-state index is 12.6. The van der Waals surface area contributed by atoms with E-state index in [0.717, 1.165) is 19.3 Å². The molecule has 2 N–H and O–H groups in total. The zero-order valence-electron chi connectivity index (χ0n) is 14.8. The fourth-order valence-electron chi connectivity index (χ4n) is 3.12. The Bertz CT molecular complexity index is 787. The number of hydrogen-bond donors (Lipinski definition) is 2. The van der Waals surface area contributed by atoms with Crippen LogP contribution in [0.15, 0.2) is 30.3 Å². The van der Waals surface area contributed by atoms with Crippen molar-refractivity contribution in [3.8, 4) is 5.75 Å². The van der Waals surface area contributed by atoms with Crippen molar-refractivity contribution in [3.63, 3.8) is 0 Å². The van der Waals surface area contributed by atoms with Crippen molar-refractivity contribution in [1.82, 2.24) is 15.1 Å². The normalized spacial score (nSPS) is 17.2. The molecule has 0 bridgehead atoms. The molecular formula is C19H23N3O4. The molecule has 1 aliphatic heterocycles. The summed E-state index contributed by atoms with van der Waals surface area (Å²) in [5.74, 6) is 0.381. The molecule has 1 saturated heterocycles. The van der Waals surface area contributed by atoms with Crippen LogP contribution in [0.1, 0.15) is 52.7 Å². The molecule has 0 saturated carbocycles. The number of piperidine rings is 1. The van der Waals surface area contributed by atoms with Gasteiger partial charge in [0.25, 0.3) is 5.91 Å². The van der Waals surface area contributed by atoms with Crippen molar-refractivity contribution in [2.75, 3.05) is 13.2 Å². The number of aromatic amines is 1. The van der Waals surface area contributed by atoms with E-state index in [1.54, 1.807) is 35.2 Å². The van der Waals surface area contributed by atoms with Gasteiger partial charge in [0.1, 0.15) is 12.4 Å². The van der Waals surface area contributed by atoms with Crippen LogP contribution in [0.2, 0.25) is 0 Å². The first-order chi connectivity index (χ1) is 12.6. The second-order valence-corrected chi connectivity index (χ2v) is 6.48. The Morgan fingerprint density at radius 3 is 2.96 bits per heavy atom. The van der Waals surface area contributed by atoms with Crippen LogP contribution >= 0.6 is 0 Å². The summed E-state index contributed by atoms with van der Waals surface area (Å²) in [6.07, 6.45) is 2.78. The van der Waals surface area contributed by atoms with E-state index >= 15 is 0 Å². The number of ketones is 1. The van der Waals surface area contributed by atoms with E-state index in [-0.39, 0.29) is 30.9 Å². The van der Waals surface area contributed by atoms with Crippen molar-refractivity contribution in [1.29, 1.82) is 0 Å². The monoisotopic (exact) mass is 357 g/mol. The largest absolute Gasteiger partial charge is 0.487 e. The van der Waals surface area contributed by atoms with Crippen LogP contribution in [0.3, 0.4) is 0 Å². The Balaban J connectivity index is 1.63. The third-order valence-electron chi connectivity index (χ3n) is 4.58. The van der Waals surface area contributed by atoms with E-state index in [4.69, 9.17) is 4.74 Å². The fraction of sp³-hybridized carbons (Fsp3) is 0.421. The molecule has 0 aliphatic carbocycles. The number of ether oxygens (including phenoxy) is 1. The quantitative estimate of drug-likeness (QED) is 0.773. The number of aromatic nitrogens is 2. The van der Waals surface area contributed by atoms with Crippen LogP contribution < -0.4 is 4.74 Å². The molecule has 1 amide bonds. The van der Waals surface area contributed by atoms with Gasteiger partial charge in [-0.05, 0) is 44.4 Å². The lowest BCUT2D eigenvalue weighted by atomic mass is 10.0. The van der Waals surface area contributed by atoms with E-state index in [1.165, 1.54) is 6.92 Å². The number of H-pyrrole nitrogens is 1. The number of likely N-dealkylation sites (tertiary alicyclic amines) is 1. The van der Waals surface area contributed by atoms with Crippen LogP contribution in [0, 0.1) is 0 Å². The molecule has 2 heterocycles. The topological polar surface area (TPSA) is 95.5 Å². The molecule has 26 heavy (non-hydrogen) atoms. The summed E-state index contributed by atoms with van der Waals surface area (Å²) in [5.41, 5.74) is 1.57. The number of nitrogens with one attached hydrogen (secondary N) is 1. The molecule has 0 spiro atoms. The highest BCUT2D eigenvalue weighted by Gasteiger charge is 2.28. The molecule has 1 unspecified atom stereocenters. The Hall–Kier alpha value is -2.67. The summed E-state index contributed by atoms with van der Waals surface area (Å²) in [4.78, 5) is 25.7. The molecule has 138 valence electrons. The number of carbonyl (C=O) groups is 2. The molecule has 3 rings (SSSR count). The number of Topliss-reactive ketones (excluding diaryl/α,β-unsaturated/α-hetero) is 1. The molecule has 1 fully saturated rings. The summed E-state index contributed by atoms with van der Waals surface area (Å²) >= 11 is 0. The van der Waals surface area contributed by atoms with Crippen LogP contribution in [0.4, 0.5) is 0 Å². The van der Waals surface area contributed by atoms with Gasteiger partial charge in [-0.15, -0.1) is 0 Å². The minimum atomic E-state index is -0.176. The number of rotatable bonds is 6. The van der Waals surface area contributed by atoms with Crippen molar-refractivity contribution in [2.24, 2.45) is 0 Å². The summed E-state index contributed by atoms with van der Waals surface area (Å²) in [5, 5.41) is 16.4. The SMILES string of the molecule is CC(=O)c1cccc(OCc2cc(C(=O)N3CCCCC3CO)n[nH]2)c1. The van der Waals surface area contributed by atoms with Crippen LogP contribution in [-0.2, 0) is 6.61 Å². The van der Waals surface area contributed by atoms with Crippen LogP contribution in [-0.4, -0.2) is 51.1 Å². The van der Waals surface area contributed by atoms with E-state index in [9.17, 15) is 14.7 Å². The zero-order chi connectivity index (χ0) is 18.5. The van der Waals surface area contributed by atoms with Crippen LogP contribution in [0.5, 0.6) is 5.75 Å². The predicted molar refractivity (Wildman–Crippen MR) is 95.1 cm³/mol. The third kappa shape index (κ3) is 4.11. The highest BCUT2D eigenvalue weighted by Crippen LogP contribution is 2.20. The van der Waals surface area contributed by atoms with Crippen molar-refractivity contribution in [3.05, 3.63) is 47.3 Å². The van der Waals surface area contributed by atoms with Crippen molar-refractivity contribution >= 4 is 11.7 Å². The summed E-state index contributed by atoms with van der Waals surface area (Å²) in [6.45, 7) is 2.33. The standard InChI is InChI=1S/C19H23N3O4/c1-13(24)14-5-4-7-17(9-14)26-12-15-10-18(21-20-15)19(25)22-8-3-2-6-16(22)11-23/h4-5,7,9-10,16,23H,2-3,6,8,11-12H2,1H3,(H,20,21). The second kappa shape index (κ2) is 8.14. The highest BCUT2D eigenvalue weighted by atomic mass is 16.5. The molecular weight excluding hydrogens is 334 g/mol. The Morgan fingerprint density at radius 1 is 1.35 bits per heavy atom. The number of benzene rings is 1. The zero-order valence-corrected chi connectivity index (χ0v) is 14.8. The summed E-state index contributed by atoms with van der Waals surface area (Å²) in [7, 11) is 0. The predicted octanol–water partition coefficient (Wildman–Crippen LogP) is 2.18. The lowest BCUT2D eigenvalue weighted by molar-refractivity contribution is 0.0497. The third-order valence-corrected chi connectivity index (χ3v) is 4.58. The first-order valence-electron chi connectivity index (χ1n) is 8.78. The van der Waals surface area contributed by atoms with Gasteiger partial charge < -0.3 is 14.7 Å². The Morgan fingerprint density at radius 2 is 2.19 bits per heavy atom. The fourth-order valence-corrected chi connectivity index (χ4v) is 3.12. The average Bonchev–Trinajstić information content (AvgIpc) is 3.15. The molecule has 2 aromatic rings. The number of carbonyl (C=O) groups excluding carboxylic acids is 2. The van der Waals surface area contributed by atoms with Crippen molar-refractivity contribution in [2.45, 2.75) is 38.8 Å². The Kier molecular flexibility index (Phi) is 5.68. The molecule has 1 aliphatic rings. The van der Waals surface area contributed by atoms with Gasteiger partial charge in [0, 0.05) is 12.1 Å². The van der Waals surface area contributed by atoms with Gasteiger partial charge >= 0.3 is 0 Å². The highest BCUT2D eigenvalue weighted by molar-refractivity contribution is 5.94. The van der Waals surface area contributed by atoms with E-state index in [0.29, 0.717) is 29.2 Å². The number of aliphatic hydroxyl groups is 1. The van der Waals surface area contributed by atoms with E-state index in [1.807, 2.05) is 0 Å². The average molecular weight is 357 g/mol. The van der Waals surface area contributed by atoms with Gasteiger partial charge in [-0.3, -0.25) is 14.7 Å². The number of nitrogens with zero attached hydrogens (tertiary/aromatic N) is 2. The van der Waals surface area contributed by atoms with Gasteiger partial charge in [-0.25, -0.2) is 0 Å².